The van der Waals surface area contributed by atoms with Gasteiger partial charge >= 0.3 is 0 Å². The highest BCUT2D eigenvalue weighted by Crippen LogP contribution is 2.21. The molecule has 0 bridgehead atoms. The molecule has 1 aromatic rings. The predicted octanol–water partition coefficient (Wildman–Crippen LogP) is 2.39. The fourth-order valence-corrected chi connectivity index (χ4v) is 2.33. The quantitative estimate of drug-likeness (QED) is 0.758. The van der Waals surface area contributed by atoms with Gasteiger partial charge in [-0.2, -0.15) is 0 Å². The molecule has 1 aliphatic carbocycles. The summed E-state index contributed by atoms with van der Waals surface area (Å²) < 4.78 is 5.53. The molecule has 2 rings (SSSR count). The van der Waals surface area contributed by atoms with E-state index in [9.17, 15) is 0 Å². The molecule has 3 N–H and O–H groups in total. The number of nitrogens with one attached hydrogen (secondary N) is 1. The zero-order valence-electron chi connectivity index (χ0n) is 10.9. The first-order chi connectivity index (χ1) is 8.83. The number of hydrogen-bond donors (Lipinski definition) is 2. The van der Waals surface area contributed by atoms with Gasteiger partial charge in [-0.3, -0.25) is 0 Å². The lowest BCUT2D eigenvalue weighted by Gasteiger charge is -2.22. The van der Waals surface area contributed by atoms with Crippen molar-refractivity contribution in [2.24, 2.45) is 5.73 Å². The molecule has 0 amide bonds. The summed E-state index contributed by atoms with van der Waals surface area (Å²) in [5, 5.41) is 3.61. The zero-order valence-corrected chi connectivity index (χ0v) is 10.9. The highest BCUT2D eigenvalue weighted by Gasteiger charge is 2.16. The van der Waals surface area contributed by atoms with Crippen molar-refractivity contribution in [3.63, 3.8) is 0 Å². The molecule has 0 heterocycles. The van der Waals surface area contributed by atoms with Crippen LogP contribution in [0.3, 0.4) is 0 Å². The van der Waals surface area contributed by atoms with Gasteiger partial charge < -0.3 is 15.8 Å². The molecule has 1 aliphatic rings. The first-order valence-corrected chi connectivity index (χ1v) is 6.67. The smallest absolute Gasteiger partial charge is 0.119 e. The summed E-state index contributed by atoms with van der Waals surface area (Å²) in [4.78, 5) is 0. The van der Waals surface area contributed by atoms with Crippen molar-refractivity contribution < 1.29 is 4.74 Å². The van der Waals surface area contributed by atoms with Crippen LogP contribution >= 0.6 is 0 Å². The Morgan fingerprint density at radius 3 is 2.83 bits per heavy atom. The van der Waals surface area contributed by atoms with Gasteiger partial charge in [0.25, 0.3) is 0 Å². The third-order valence-electron chi connectivity index (χ3n) is 3.25. The summed E-state index contributed by atoms with van der Waals surface area (Å²) in [6.45, 7) is 3.29. The van der Waals surface area contributed by atoms with E-state index in [4.69, 9.17) is 10.5 Å². The van der Waals surface area contributed by atoms with Crippen LogP contribution in [0, 0.1) is 0 Å². The van der Waals surface area contributed by atoms with E-state index in [1.807, 2.05) is 19.1 Å². The van der Waals surface area contributed by atoms with Gasteiger partial charge in [-0.15, -0.1) is 0 Å². The van der Waals surface area contributed by atoms with Crippen LogP contribution in [0.2, 0.25) is 0 Å². The van der Waals surface area contributed by atoms with Crippen LogP contribution in [0.5, 0.6) is 5.75 Å². The monoisotopic (exact) mass is 246 g/mol. The van der Waals surface area contributed by atoms with Gasteiger partial charge in [0.15, 0.2) is 0 Å². The minimum absolute atomic E-state index is 0.204. The highest BCUT2D eigenvalue weighted by molar-refractivity contribution is 5.31. The van der Waals surface area contributed by atoms with E-state index in [1.54, 1.807) is 0 Å². The lowest BCUT2D eigenvalue weighted by molar-refractivity contribution is 0.339. The summed E-state index contributed by atoms with van der Waals surface area (Å²) in [6.07, 6.45) is 6.65. The Morgan fingerprint density at radius 1 is 1.39 bits per heavy atom. The average Bonchev–Trinajstić information content (AvgIpc) is 2.89. The lowest BCUT2D eigenvalue weighted by atomic mass is 10.0. The molecule has 1 aromatic carbocycles. The molecule has 0 fully saturated rings. The van der Waals surface area contributed by atoms with Crippen molar-refractivity contribution in [3.8, 4) is 5.75 Å². The van der Waals surface area contributed by atoms with E-state index in [0.29, 0.717) is 19.2 Å². The minimum Gasteiger partial charge on any atom is -0.494 e. The van der Waals surface area contributed by atoms with Gasteiger partial charge in [0.2, 0.25) is 0 Å². The zero-order chi connectivity index (χ0) is 12.8. The molecule has 3 nitrogen and oxygen atoms in total. The van der Waals surface area contributed by atoms with Gasteiger partial charge in [-0.05, 0) is 37.5 Å². The van der Waals surface area contributed by atoms with E-state index in [2.05, 4.69) is 29.6 Å². The largest absolute Gasteiger partial charge is 0.494 e. The SMILES string of the molecule is CCOc1cccc(C(CN)NC2CC=CC2)c1. The maximum atomic E-state index is 5.88. The standard InChI is InChI=1S/C15H22N2O/c1-2-18-14-9-5-6-12(10-14)15(11-16)17-13-7-3-4-8-13/h3-6,9-10,13,15,17H,2,7-8,11,16H2,1H3. The van der Waals surface area contributed by atoms with E-state index >= 15 is 0 Å². The van der Waals surface area contributed by atoms with Crippen LogP contribution < -0.4 is 15.8 Å². The summed E-state index contributed by atoms with van der Waals surface area (Å²) in [5.74, 6) is 0.916. The molecule has 1 atom stereocenters. The van der Waals surface area contributed by atoms with Crippen LogP contribution in [0.15, 0.2) is 36.4 Å². The highest BCUT2D eigenvalue weighted by atomic mass is 16.5. The number of benzene rings is 1. The van der Waals surface area contributed by atoms with Gasteiger partial charge in [0.05, 0.1) is 6.61 Å². The van der Waals surface area contributed by atoms with Crippen LogP contribution in [0.4, 0.5) is 0 Å². The van der Waals surface area contributed by atoms with Crippen LogP contribution in [-0.2, 0) is 0 Å². The van der Waals surface area contributed by atoms with E-state index < -0.39 is 0 Å². The maximum Gasteiger partial charge on any atom is 0.119 e. The second kappa shape index (κ2) is 6.57. The van der Waals surface area contributed by atoms with E-state index in [0.717, 1.165) is 18.6 Å². The Labute approximate surface area is 109 Å². The molecular weight excluding hydrogens is 224 g/mol. The Bertz CT molecular complexity index is 395. The van der Waals surface area contributed by atoms with Gasteiger partial charge in [0.1, 0.15) is 5.75 Å². The Kier molecular flexibility index (Phi) is 4.79. The fourth-order valence-electron chi connectivity index (χ4n) is 2.33. The molecule has 0 saturated carbocycles. The van der Waals surface area contributed by atoms with Gasteiger partial charge in [0, 0.05) is 18.6 Å². The van der Waals surface area contributed by atoms with Crippen molar-refractivity contribution >= 4 is 0 Å². The molecular formula is C15H22N2O. The molecule has 1 unspecified atom stereocenters. The van der Waals surface area contributed by atoms with Crippen LogP contribution in [0.25, 0.3) is 0 Å². The molecule has 18 heavy (non-hydrogen) atoms. The summed E-state index contributed by atoms with van der Waals surface area (Å²) in [5.41, 5.74) is 7.09. The first kappa shape index (κ1) is 13.1. The summed E-state index contributed by atoms with van der Waals surface area (Å²) in [7, 11) is 0. The summed E-state index contributed by atoms with van der Waals surface area (Å²) in [6, 6.07) is 8.92. The second-order valence-electron chi connectivity index (χ2n) is 4.60. The number of hydrogen-bond acceptors (Lipinski definition) is 3. The van der Waals surface area contributed by atoms with E-state index in [1.165, 1.54) is 5.56 Å². The van der Waals surface area contributed by atoms with Crippen molar-refractivity contribution in [3.05, 3.63) is 42.0 Å². The Morgan fingerprint density at radius 2 is 2.17 bits per heavy atom. The van der Waals surface area contributed by atoms with Crippen LogP contribution in [-0.4, -0.2) is 19.2 Å². The maximum absolute atomic E-state index is 5.88. The van der Waals surface area contributed by atoms with Crippen molar-refractivity contribution in [1.29, 1.82) is 0 Å². The number of rotatable bonds is 6. The van der Waals surface area contributed by atoms with Crippen molar-refractivity contribution in [2.45, 2.75) is 31.8 Å². The lowest BCUT2D eigenvalue weighted by Crippen LogP contribution is -2.35. The molecule has 98 valence electrons. The third-order valence-corrected chi connectivity index (χ3v) is 3.25. The second-order valence-corrected chi connectivity index (χ2v) is 4.60. The molecule has 0 spiro atoms. The Balaban J connectivity index is 2.03. The van der Waals surface area contributed by atoms with Crippen LogP contribution in [0.1, 0.15) is 31.4 Å². The van der Waals surface area contributed by atoms with E-state index in [-0.39, 0.29) is 6.04 Å². The minimum atomic E-state index is 0.204. The summed E-state index contributed by atoms with van der Waals surface area (Å²) >= 11 is 0. The van der Waals surface area contributed by atoms with Gasteiger partial charge in [-0.25, -0.2) is 0 Å². The molecule has 0 radical (unpaired) electrons. The average molecular weight is 246 g/mol. The number of ether oxygens (including phenoxy) is 1. The molecule has 0 aliphatic heterocycles. The molecule has 0 saturated heterocycles. The third kappa shape index (κ3) is 3.34. The topological polar surface area (TPSA) is 47.3 Å². The Hall–Kier alpha value is -1.32. The first-order valence-electron chi connectivity index (χ1n) is 6.67. The van der Waals surface area contributed by atoms with Crippen molar-refractivity contribution in [2.75, 3.05) is 13.2 Å². The predicted molar refractivity (Wildman–Crippen MR) is 74.7 cm³/mol. The molecule has 3 heteroatoms. The van der Waals surface area contributed by atoms with Crippen molar-refractivity contribution in [1.82, 2.24) is 5.32 Å². The molecule has 0 aromatic heterocycles. The van der Waals surface area contributed by atoms with Gasteiger partial charge in [-0.1, -0.05) is 24.3 Å². The normalized spacial score (nSPS) is 17.0. The number of nitrogens with two attached hydrogens (primary N) is 1. The fraction of sp³-hybridized carbons (Fsp3) is 0.467.